The van der Waals surface area contributed by atoms with Crippen molar-refractivity contribution in [1.29, 1.82) is 0 Å². The molecule has 1 rings (SSSR count). The molecule has 1 fully saturated rings. The molecule has 0 spiro atoms. The van der Waals surface area contributed by atoms with Crippen molar-refractivity contribution in [3.8, 4) is 0 Å². The van der Waals surface area contributed by atoms with Crippen molar-refractivity contribution in [1.82, 2.24) is 0 Å². The molecule has 0 aromatic heterocycles. The summed E-state index contributed by atoms with van der Waals surface area (Å²) in [4.78, 5) is 0. The van der Waals surface area contributed by atoms with Crippen LogP contribution in [0.15, 0.2) is 12.3 Å². The molecular weight excluding hydrogens is 148 g/mol. The third-order valence-electron chi connectivity index (χ3n) is 2.96. The van der Waals surface area contributed by atoms with Gasteiger partial charge < -0.3 is 4.74 Å². The minimum absolute atomic E-state index is 0.785. The minimum atomic E-state index is 0.785. The zero-order valence-electron chi connectivity index (χ0n) is 8.25. The summed E-state index contributed by atoms with van der Waals surface area (Å²) in [6.07, 6.45) is 10.9. The van der Waals surface area contributed by atoms with Crippen LogP contribution in [0.4, 0.5) is 0 Å². The Kier molecular flexibility index (Phi) is 4.20. The zero-order chi connectivity index (χ0) is 8.81. The van der Waals surface area contributed by atoms with Gasteiger partial charge in [-0.25, -0.2) is 0 Å². The molecule has 1 heteroatoms. The average molecular weight is 168 g/mol. The van der Waals surface area contributed by atoms with Crippen LogP contribution in [0.3, 0.4) is 0 Å². The molecule has 70 valence electrons. The van der Waals surface area contributed by atoms with Gasteiger partial charge in [-0.1, -0.05) is 13.3 Å². The molecule has 0 amide bonds. The van der Waals surface area contributed by atoms with Gasteiger partial charge in [0.15, 0.2) is 0 Å². The Morgan fingerprint density at radius 1 is 1.25 bits per heavy atom. The van der Waals surface area contributed by atoms with Crippen LogP contribution >= 0.6 is 0 Å². The van der Waals surface area contributed by atoms with Crippen molar-refractivity contribution < 1.29 is 4.74 Å². The van der Waals surface area contributed by atoms with Crippen LogP contribution in [0, 0.1) is 11.8 Å². The van der Waals surface area contributed by atoms with Gasteiger partial charge >= 0.3 is 0 Å². The Balaban J connectivity index is 2.21. The first kappa shape index (κ1) is 9.63. The summed E-state index contributed by atoms with van der Waals surface area (Å²) in [5.74, 6) is 1.78. The van der Waals surface area contributed by atoms with Gasteiger partial charge in [0.25, 0.3) is 0 Å². The smallest absolute Gasteiger partial charge is 0.0787 e. The summed E-state index contributed by atoms with van der Waals surface area (Å²) in [6, 6.07) is 0. The number of ether oxygens (including phenoxy) is 1. The van der Waals surface area contributed by atoms with Crippen LogP contribution in [0.1, 0.15) is 39.0 Å². The summed E-state index contributed by atoms with van der Waals surface area (Å²) >= 11 is 0. The third kappa shape index (κ3) is 2.88. The molecule has 12 heavy (non-hydrogen) atoms. The van der Waals surface area contributed by atoms with Gasteiger partial charge in [0, 0.05) is 0 Å². The van der Waals surface area contributed by atoms with Crippen LogP contribution in [0.25, 0.3) is 0 Å². The van der Waals surface area contributed by atoms with E-state index in [4.69, 9.17) is 4.74 Å². The quantitative estimate of drug-likeness (QED) is 0.587. The number of hydrogen-bond donors (Lipinski definition) is 0. The molecule has 0 N–H and O–H groups in total. The van der Waals surface area contributed by atoms with Crippen LogP contribution in [-0.2, 0) is 4.74 Å². The highest BCUT2D eigenvalue weighted by Crippen LogP contribution is 2.31. The van der Waals surface area contributed by atoms with Gasteiger partial charge in [0.2, 0.25) is 0 Å². The predicted molar refractivity (Wildman–Crippen MR) is 51.9 cm³/mol. The fourth-order valence-electron chi connectivity index (χ4n) is 1.98. The molecular formula is C11H20O. The minimum Gasteiger partial charge on any atom is -0.505 e. The topological polar surface area (TPSA) is 9.23 Å². The second-order valence-electron chi connectivity index (χ2n) is 3.75. The summed E-state index contributed by atoms with van der Waals surface area (Å²) in [7, 11) is 1.72. The van der Waals surface area contributed by atoms with E-state index in [2.05, 4.69) is 13.0 Å². The predicted octanol–water partition coefficient (Wildman–Crippen LogP) is 3.36. The highest BCUT2D eigenvalue weighted by atomic mass is 16.5. The first-order chi connectivity index (χ1) is 5.86. The molecule has 0 atom stereocenters. The van der Waals surface area contributed by atoms with Gasteiger partial charge in [-0.05, 0) is 43.6 Å². The molecule has 1 aliphatic carbocycles. The lowest BCUT2D eigenvalue weighted by atomic mass is 9.81. The zero-order valence-corrected chi connectivity index (χ0v) is 8.25. The lowest BCUT2D eigenvalue weighted by Gasteiger charge is -2.25. The largest absolute Gasteiger partial charge is 0.505 e. The second kappa shape index (κ2) is 5.23. The maximum absolute atomic E-state index is 4.92. The van der Waals surface area contributed by atoms with Gasteiger partial charge in [0.05, 0.1) is 13.4 Å². The van der Waals surface area contributed by atoms with Crippen LogP contribution in [0.2, 0.25) is 0 Å². The van der Waals surface area contributed by atoms with E-state index in [1.807, 2.05) is 6.26 Å². The molecule has 0 aromatic rings. The van der Waals surface area contributed by atoms with Crippen LogP contribution < -0.4 is 0 Å². The Morgan fingerprint density at radius 2 is 1.92 bits per heavy atom. The van der Waals surface area contributed by atoms with Crippen molar-refractivity contribution in [2.45, 2.75) is 39.0 Å². The second-order valence-corrected chi connectivity index (χ2v) is 3.75. The Labute approximate surface area is 75.8 Å². The third-order valence-corrected chi connectivity index (χ3v) is 2.96. The summed E-state index contributed by atoms with van der Waals surface area (Å²) in [5, 5.41) is 0. The summed E-state index contributed by atoms with van der Waals surface area (Å²) in [6.45, 7) is 2.30. The van der Waals surface area contributed by atoms with Crippen molar-refractivity contribution in [2.75, 3.05) is 7.11 Å². The molecule has 1 nitrogen and oxygen atoms in total. The normalized spacial score (nSPS) is 30.8. The van der Waals surface area contributed by atoms with Crippen molar-refractivity contribution in [3.63, 3.8) is 0 Å². The van der Waals surface area contributed by atoms with E-state index < -0.39 is 0 Å². The SMILES string of the molecule is CCC1CCC(C=COC)CC1. The Morgan fingerprint density at radius 3 is 2.42 bits per heavy atom. The van der Waals surface area contributed by atoms with Crippen LogP contribution in [0.5, 0.6) is 0 Å². The Hall–Kier alpha value is -0.460. The number of rotatable bonds is 3. The highest BCUT2D eigenvalue weighted by molar-refractivity contribution is 4.86. The maximum Gasteiger partial charge on any atom is 0.0787 e. The van der Waals surface area contributed by atoms with Gasteiger partial charge in [-0.3, -0.25) is 0 Å². The van der Waals surface area contributed by atoms with Crippen molar-refractivity contribution in [3.05, 3.63) is 12.3 Å². The molecule has 0 aromatic carbocycles. The van der Waals surface area contributed by atoms with E-state index in [1.165, 1.54) is 32.1 Å². The lowest BCUT2D eigenvalue weighted by Crippen LogP contribution is -2.12. The molecule has 0 heterocycles. The van der Waals surface area contributed by atoms with Gasteiger partial charge in [-0.2, -0.15) is 0 Å². The van der Waals surface area contributed by atoms with Crippen molar-refractivity contribution in [2.24, 2.45) is 11.8 Å². The molecule has 0 bridgehead atoms. The molecule has 0 radical (unpaired) electrons. The summed E-state index contributed by atoms with van der Waals surface area (Å²) in [5.41, 5.74) is 0. The van der Waals surface area contributed by atoms with E-state index in [0.717, 1.165) is 11.8 Å². The number of methoxy groups -OCH3 is 1. The number of allylic oxidation sites excluding steroid dienone is 1. The molecule has 0 saturated heterocycles. The van der Waals surface area contributed by atoms with Crippen molar-refractivity contribution >= 4 is 0 Å². The molecule has 0 unspecified atom stereocenters. The molecule has 0 aliphatic heterocycles. The number of hydrogen-bond acceptors (Lipinski definition) is 1. The molecule has 1 saturated carbocycles. The van der Waals surface area contributed by atoms with E-state index in [1.54, 1.807) is 7.11 Å². The first-order valence-corrected chi connectivity index (χ1v) is 5.06. The van der Waals surface area contributed by atoms with Gasteiger partial charge in [0.1, 0.15) is 0 Å². The highest BCUT2D eigenvalue weighted by Gasteiger charge is 2.17. The monoisotopic (exact) mass is 168 g/mol. The fraction of sp³-hybridized carbons (Fsp3) is 0.818. The Bertz CT molecular complexity index is 132. The van der Waals surface area contributed by atoms with Crippen LogP contribution in [-0.4, -0.2) is 7.11 Å². The standard InChI is InChI=1S/C11H20O/c1-3-10-4-6-11(7-5-10)8-9-12-2/h8-11H,3-7H2,1-2H3. The fourth-order valence-corrected chi connectivity index (χ4v) is 1.98. The maximum atomic E-state index is 4.92. The van der Waals surface area contributed by atoms with E-state index in [9.17, 15) is 0 Å². The average Bonchev–Trinajstić information content (AvgIpc) is 2.15. The first-order valence-electron chi connectivity index (χ1n) is 5.06. The van der Waals surface area contributed by atoms with E-state index in [0.29, 0.717) is 0 Å². The van der Waals surface area contributed by atoms with Gasteiger partial charge in [-0.15, -0.1) is 0 Å². The van der Waals surface area contributed by atoms with E-state index in [-0.39, 0.29) is 0 Å². The van der Waals surface area contributed by atoms with E-state index >= 15 is 0 Å². The molecule has 1 aliphatic rings. The lowest BCUT2D eigenvalue weighted by molar-refractivity contribution is 0.291. The summed E-state index contributed by atoms with van der Waals surface area (Å²) < 4.78 is 4.92.